The SMILES string of the molecule is COc1ccc(C2(C)NC(=O)N(CC(=O)NCCCCc3nc(C)cs3)C2=O)cc1. The molecule has 0 bridgehead atoms. The molecule has 2 aromatic rings. The van der Waals surface area contributed by atoms with Crippen molar-refractivity contribution in [2.45, 2.75) is 38.6 Å². The largest absolute Gasteiger partial charge is 0.497 e. The monoisotopic (exact) mass is 430 g/mol. The van der Waals surface area contributed by atoms with Crippen LogP contribution in [0.25, 0.3) is 0 Å². The van der Waals surface area contributed by atoms with Gasteiger partial charge in [-0.05, 0) is 50.8 Å². The third kappa shape index (κ3) is 4.79. The van der Waals surface area contributed by atoms with Crippen LogP contribution >= 0.6 is 11.3 Å². The molecule has 0 saturated carbocycles. The second-order valence-corrected chi connectivity index (χ2v) is 8.31. The molecule has 1 atom stereocenters. The fraction of sp³-hybridized carbons (Fsp3) is 0.429. The normalized spacial score (nSPS) is 18.4. The highest BCUT2D eigenvalue weighted by Gasteiger charge is 2.49. The van der Waals surface area contributed by atoms with Crippen molar-refractivity contribution >= 4 is 29.2 Å². The number of nitrogens with zero attached hydrogens (tertiary/aromatic N) is 2. The van der Waals surface area contributed by atoms with Gasteiger partial charge >= 0.3 is 6.03 Å². The van der Waals surface area contributed by atoms with Gasteiger partial charge in [-0.1, -0.05) is 12.1 Å². The van der Waals surface area contributed by atoms with Crippen molar-refractivity contribution in [2.75, 3.05) is 20.2 Å². The number of unbranched alkanes of at least 4 members (excludes halogenated alkanes) is 1. The zero-order valence-electron chi connectivity index (χ0n) is 17.4. The van der Waals surface area contributed by atoms with E-state index in [2.05, 4.69) is 15.6 Å². The molecule has 4 amide bonds. The van der Waals surface area contributed by atoms with Crippen LogP contribution in [0, 0.1) is 6.92 Å². The first-order valence-corrected chi connectivity index (χ1v) is 10.7. The summed E-state index contributed by atoms with van der Waals surface area (Å²) >= 11 is 1.64. The molecule has 2 heterocycles. The molecule has 9 heteroatoms. The molecule has 1 aromatic heterocycles. The van der Waals surface area contributed by atoms with E-state index in [1.165, 1.54) is 0 Å². The molecular formula is C21H26N4O4S. The van der Waals surface area contributed by atoms with Crippen molar-refractivity contribution in [2.24, 2.45) is 0 Å². The third-order valence-electron chi connectivity index (χ3n) is 5.05. The Bertz CT molecular complexity index is 927. The van der Waals surface area contributed by atoms with Crippen LogP contribution in [0.3, 0.4) is 0 Å². The van der Waals surface area contributed by atoms with Gasteiger partial charge in [-0.2, -0.15) is 0 Å². The predicted molar refractivity (Wildman–Crippen MR) is 113 cm³/mol. The number of hydrogen-bond donors (Lipinski definition) is 2. The molecule has 1 aromatic carbocycles. The number of urea groups is 1. The molecule has 0 aliphatic carbocycles. The minimum absolute atomic E-state index is 0.303. The lowest BCUT2D eigenvalue weighted by Gasteiger charge is -2.22. The Labute approximate surface area is 179 Å². The molecule has 1 aliphatic rings. The minimum Gasteiger partial charge on any atom is -0.497 e. The van der Waals surface area contributed by atoms with Gasteiger partial charge in [0.15, 0.2) is 0 Å². The number of hydrogen-bond acceptors (Lipinski definition) is 6. The van der Waals surface area contributed by atoms with Crippen LogP contribution in [-0.4, -0.2) is 47.9 Å². The average Bonchev–Trinajstić information content (AvgIpc) is 3.24. The highest BCUT2D eigenvalue weighted by Crippen LogP contribution is 2.29. The molecule has 1 fully saturated rings. The molecule has 0 spiro atoms. The highest BCUT2D eigenvalue weighted by molar-refractivity contribution is 7.09. The van der Waals surface area contributed by atoms with Crippen LogP contribution in [0.15, 0.2) is 29.6 Å². The van der Waals surface area contributed by atoms with Gasteiger partial charge in [-0.25, -0.2) is 9.78 Å². The van der Waals surface area contributed by atoms with Crippen molar-refractivity contribution < 1.29 is 19.1 Å². The van der Waals surface area contributed by atoms with E-state index in [0.29, 0.717) is 17.9 Å². The van der Waals surface area contributed by atoms with Crippen molar-refractivity contribution in [1.29, 1.82) is 0 Å². The molecule has 30 heavy (non-hydrogen) atoms. The molecule has 0 radical (unpaired) electrons. The Kier molecular flexibility index (Phi) is 6.71. The quantitative estimate of drug-likeness (QED) is 0.470. The number of carbonyl (C=O) groups is 3. The fourth-order valence-corrected chi connectivity index (χ4v) is 4.12. The number of nitrogens with one attached hydrogen (secondary N) is 2. The van der Waals surface area contributed by atoms with Crippen molar-refractivity contribution in [1.82, 2.24) is 20.5 Å². The smallest absolute Gasteiger partial charge is 0.325 e. The van der Waals surface area contributed by atoms with Crippen molar-refractivity contribution in [3.05, 3.63) is 45.9 Å². The summed E-state index contributed by atoms with van der Waals surface area (Å²) in [6, 6.07) is 6.33. The first kappa shape index (κ1) is 21.8. The molecular weight excluding hydrogens is 404 g/mol. The Morgan fingerprint density at radius 2 is 2.00 bits per heavy atom. The molecule has 2 N–H and O–H groups in total. The Hall–Kier alpha value is -2.94. The predicted octanol–water partition coefficient (Wildman–Crippen LogP) is 2.37. The highest BCUT2D eigenvalue weighted by atomic mass is 32.1. The molecule has 160 valence electrons. The summed E-state index contributed by atoms with van der Waals surface area (Å²) in [7, 11) is 1.56. The van der Waals surface area contributed by atoms with Gasteiger partial charge in [0.05, 0.1) is 12.1 Å². The lowest BCUT2D eigenvalue weighted by atomic mass is 9.92. The number of aromatic nitrogens is 1. The number of amides is 4. The number of ether oxygens (including phenoxy) is 1. The second-order valence-electron chi connectivity index (χ2n) is 7.36. The van der Waals surface area contributed by atoms with Crippen LogP contribution in [-0.2, 0) is 21.5 Å². The van der Waals surface area contributed by atoms with Crippen LogP contribution < -0.4 is 15.4 Å². The van der Waals surface area contributed by atoms with Gasteiger partial charge in [0.25, 0.3) is 5.91 Å². The lowest BCUT2D eigenvalue weighted by Crippen LogP contribution is -2.43. The van der Waals surface area contributed by atoms with Crippen LogP contribution in [0.1, 0.15) is 36.0 Å². The minimum atomic E-state index is -1.21. The molecule has 1 aliphatic heterocycles. The zero-order chi connectivity index (χ0) is 21.7. The van der Waals surface area contributed by atoms with E-state index >= 15 is 0 Å². The van der Waals surface area contributed by atoms with E-state index in [9.17, 15) is 14.4 Å². The van der Waals surface area contributed by atoms with Crippen LogP contribution in [0.5, 0.6) is 5.75 Å². The standard InChI is InChI=1S/C21H26N4O4S/c1-14-13-30-18(23-14)6-4-5-11-22-17(26)12-25-19(27)21(2,24-20(25)28)15-7-9-16(29-3)10-8-15/h7-10,13H,4-6,11-12H2,1-3H3,(H,22,26)(H,24,28). The topological polar surface area (TPSA) is 101 Å². The van der Waals surface area contributed by atoms with E-state index in [-0.39, 0.29) is 12.5 Å². The van der Waals surface area contributed by atoms with Gasteiger partial charge in [0.2, 0.25) is 5.91 Å². The van der Waals surface area contributed by atoms with Gasteiger partial charge in [0.1, 0.15) is 17.8 Å². The number of imide groups is 1. The molecule has 8 nitrogen and oxygen atoms in total. The van der Waals surface area contributed by atoms with Gasteiger partial charge in [0, 0.05) is 17.6 Å². The molecule has 1 unspecified atom stereocenters. The van der Waals surface area contributed by atoms with Crippen molar-refractivity contribution in [3.63, 3.8) is 0 Å². The fourth-order valence-electron chi connectivity index (χ4n) is 3.31. The Morgan fingerprint density at radius 3 is 2.63 bits per heavy atom. The summed E-state index contributed by atoms with van der Waals surface area (Å²) in [4.78, 5) is 42.9. The molecule has 3 rings (SSSR count). The first-order chi connectivity index (χ1) is 14.3. The lowest BCUT2D eigenvalue weighted by molar-refractivity contribution is -0.134. The summed E-state index contributed by atoms with van der Waals surface area (Å²) in [5.74, 6) is -0.158. The van der Waals surface area contributed by atoms with Gasteiger partial charge in [-0.15, -0.1) is 11.3 Å². The van der Waals surface area contributed by atoms with E-state index in [1.54, 1.807) is 49.6 Å². The Morgan fingerprint density at radius 1 is 1.27 bits per heavy atom. The first-order valence-electron chi connectivity index (χ1n) is 9.80. The van der Waals surface area contributed by atoms with E-state index in [4.69, 9.17) is 4.74 Å². The zero-order valence-corrected chi connectivity index (χ0v) is 18.2. The summed E-state index contributed by atoms with van der Waals surface area (Å²) in [5.41, 5.74) is 0.440. The molecule has 1 saturated heterocycles. The van der Waals surface area contributed by atoms with Crippen LogP contribution in [0.4, 0.5) is 4.79 Å². The number of benzene rings is 1. The van der Waals surface area contributed by atoms with E-state index in [0.717, 1.165) is 34.9 Å². The number of carbonyl (C=O) groups excluding carboxylic acids is 3. The number of thiazole rings is 1. The van der Waals surface area contributed by atoms with E-state index in [1.807, 2.05) is 12.3 Å². The maximum Gasteiger partial charge on any atom is 0.325 e. The van der Waals surface area contributed by atoms with Gasteiger partial charge in [-0.3, -0.25) is 14.5 Å². The summed E-state index contributed by atoms with van der Waals surface area (Å²) in [6.45, 7) is 3.79. The second kappa shape index (κ2) is 9.25. The summed E-state index contributed by atoms with van der Waals surface area (Å²) in [6.07, 6.45) is 2.58. The summed E-state index contributed by atoms with van der Waals surface area (Å²) in [5, 5.41) is 8.59. The maximum atomic E-state index is 12.9. The Balaban J connectivity index is 1.48. The average molecular weight is 431 g/mol. The van der Waals surface area contributed by atoms with Gasteiger partial charge < -0.3 is 15.4 Å². The van der Waals surface area contributed by atoms with E-state index < -0.39 is 17.5 Å². The number of rotatable bonds is 9. The van der Waals surface area contributed by atoms with Crippen molar-refractivity contribution in [3.8, 4) is 5.75 Å². The number of aryl methyl sites for hydroxylation is 2. The number of methoxy groups -OCH3 is 1. The third-order valence-corrected chi connectivity index (χ3v) is 6.08. The van der Waals surface area contributed by atoms with Crippen LogP contribution in [0.2, 0.25) is 0 Å². The summed E-state index contributed by atoms with van der Waals surface area (Å²) < 4.78 is 5.13. The maximum absolute atomic E-state index is 12.9.